The number of benzene rings is 2. The second-order valence-corrected chi connectivity index (χ2v) is 12.3. The number of hydrogen-bond acceptors (Lipinski definition) is 5. The summed E-state index contributed by atoms with van der Waals surface area (Å²) in [7, 11) is 0. The highest BCUT2D eigenvalue weighted by Crippen LogP contribution is 2.41. The lowest BCUT2D eigenvalue weighted by Gasteiger charge is -2.31. The van der Waals surface area contributed by atoms with E-state index in [4.69, 9.17) is 14.5 Å². The zero-order valence-corrected chi connectivity index (χ0v) is 24.9. The number of ether oxygens (including phenoxy) is 2. The van der Waals surface area contributed by atoms with E-state index in [1.807, 2.05) is 30.0 Å². The Morgan fingerprint density at radius 2 is 1.72 bits per heavy atom. The average Bonchev–Trinajstić information content (AvgIpc) is 3.24. The summed E-state index contributed by atoms with van der Waals surface area (Å²) in [5.74, 6) is 0.960. The third-order valence-electron chi connectivity index (χ3n) is 7.57. The van der Waals surface area contributed by atoms with Crippen LogP contribution >= 0.6 is 27.7 Å². The van der Waals surface area contributed by atoms with Crippen LogP contribution in [0.2, 0.25) is 0 Å². The van der Waals surface area contributed by atoms with Crippen LogP contribution < -0.4 is 9.47 Å². The van der Waals surface area contributed by atoms with E-state index in [0.717, 1.165) is 46.5 Å². The second-order valence-electron chi connectivity index (χ2n) is 10.5. The smallest absolute Gasteiger partial charge is 0.266 e. The van der Waals surface area contributed by atoms with Crippen molar-refractivity contribution in [1.29, 1.82) is 0 Å². The maximum atomic E-state index is 13.8. The maximum Gasteiger partial charge on any atom is 0.266 e. The number of carbonyl (C=O) groups is 1. The number of carbonyl (C=O) groups excluding carboxylic acids is 1. The summed E-state index contributed by atoms with van der Waals surface area (Å²) in [5, 5.41) is 0.883. The average molecular weight is 616 g/mol. The number of rotatable bonds is 8. The zero-order valence-electron chi connectivity index (χ0n) is 22.5. The van der Waals surface area contributed by atoms with Gasteiger partial charge < -0.3 is 9.47 Å². The Morgan fingerprint density at radius 1 is 1.03 bits per heavy atom. The van der Waals surface area contributed by atoms with Gasteiger partial charge in [-0.1, -0.05) is 50.7 Å². The summed E-state index contributed by atoms with van der Waals surface area (Å²) < 4.78 is 26.0. The van der Waals surface area contributed by atoms with E-state index in [9.17, 15) is 9.18 Å². The molecule has 0 radical (unpaired) electrons. The number of aliphatic imine (C=N–C) groups is 1. The fourth-order valence-corrected chi connectivity index (χ4v) is 7.25. The van der Waals surface area contributed by atoms with Gasteiger partial charge in [-0.2, -0.15) is 0 Å². The summed E-state index contributed by atoms with van der Waals surface area (Å²) in [4.78, 5) is 21.6. The third kappa shape index (κ3) is 7.07. The van der Waals surface area contributed by atoms with E-state index < -0.39 is 0 Å². The molecule has 0 bridgehead atoms. The standard InChI is InChI=1S/C31H36BrFN2O3S/c1-2-37-27-18-22(17-26(32)29(27)38-20-21-13-15-23(33)16-14-21)19-28-30(36)35(25-11-7-4-8-12-25)31(39-28)34-24-9-5-3-6-10-24/h13-19,24-25H,2-12,20H2,1H3. The Balaban J connectivity index is 1.41. The van der Waals surface area contributed by atoms with Crippen molar-refractivity contribution >= 4 is 44.8 Å². The highest BCUT2D eigenvalue weighted by atomic mass is 79.9. The fourth-order valence-electron chi connectivity index (χ4n) is 5.57. The summed E-state index contributed by atoms with van der Waals surface area (Å²) >= 11 is 5.17. The molecule has 0 N–H and O–H groups in total. The molecule has 0 atom stereocenters. The topological polar surface area (TPSA) is 51.1 Å². The first-order chi connectivity index (χ1) is 19.0. The first-order valence-corrected chi connectivity index (χ1v) is 15.8. The number of nitrogens with zero attached hydrogens (tertiary/aromatic N) is 2. The SMILES string of the molecule is CCOc1cc(C=C2SC(=NC3CCCCC3)N(C3CCCCC3)C2=O)cc(Br)c1OCc1ccc(F)cc1. The molecule has 1 amide bonds. The number of amidine groups is 1. The van der Waals surface area contributed by atoms with Crippen LogP contribution in [-0.4, -0.2) is 34.7 Å². The van der Waals surface area contributed by atoms with Gasteiger partial charge in [-0.05, 0) is 102 Å². The molecule has 0 aromatic heterocycles. The molecule has 2 aromatic carbocycles. The van der Waals surface area contributed by atoms with Crippen molar-refractivity contribution in [3.05, 3.63) is 62.7 Å². The highest BCUT2D eigenvalue weighted by molar-refractivity contribution is 9.10. The van der Waals surface area contributed by atoms with Crippen LogP contribution in [0.3, 0.4) is 0 Å². The molecular formula is C31H36BrFN2O3S. The monoisotopic (exact) mass is 614 g/mol. The minimum Gasteiger partial charge on any atom is -0.490 e. The molecule has 39 heavy (non-hydrogen) atoms. The van der Waals surface area contributed by atoms with Gasteiger partial charge >= 0.3 is 0 Å². The lowest BCUT2D eigenvalue weighted by molar-refractivity contribution is -0.124. The molecule has 8 heteroatoms. The number of hydrogen-bond donors (Lipinski definition) is 0. The minimum absolute atomic E-state index is 0.0622. The van der Waals surface area contributed by atoms with E-state index >= 15 is 0 Å². The van der Waals surface area contributed by atoms with E-state index in [-0.39, 0.29) is 24.4 Å². The van der Waals surface area contributed by atoms with E-state index in [2.05, 4.69) is 15.9 Å². The molecule has 2 aromatic rings. The molecule has 0 spiro atoms. The van der Waals surface area contributed by atoms with Gasteiger partial charge in [0.1, 0.15) is 12.4 Å². The van der Waals surface area contributed by atoms with Gasteiger partial charge in [-0.3, -0.25) is 14.7 Å². The predicted octanol–water partition coefficient (Wildman–Crippen LogP) is 8.50. The zero-order chi connectivity index (χ0) is 27.2. The van der Waals surface area contributed by atoms with E-state index in [1.165, 1.54) is 62.4 Å². The summed E-state index contributed by atoms with van der Waals surface area (Å²) in [6, 6.07) is 10.7. The fraction of sp³-hybridized carbons (Fsp3) is 0.484. The summed E-state index contributed by atoms with van der Waals surface area (Å²) in [6.45, 7) is 2.68. The van der Waals surface area contributed by atoms with Gasteiger partial charge in [0.05, 0.1) is 22.0 Å². The Labute approximate surface area is 243 Å². The highest BCUT2D eigenvalue weighted by Gasteiger charge is 2.39. The molecule has 3 fully saturated rings. The second kappa shape index (κ2) is 13.4. The normalized spacial score (nSPS) is 21.2. The van der Waals surface area contributed by atoms with Gasteiger partial charge in [-0.25, -0.2) is 4.39 Å². The Kier molecular flexibility index (Phi) is 9.66. The molecule has 1 aliphatic heterocycles. The van der Waals surface area contributed by atoms with Crippen LogP contribution in [0.5, 0.6) is 11.5 Å². The maximum absolute atomic E-state index is 13.8. The lowest BCUT2D eigenvalue weighted by Crippen LogP contribution is -2.41. The molecule has 5 nitrogen and oxygen atoms in total. The van der Waals surface area contributed by atoms with Crippen molar-refractivity contribution in [3.63, 3.8) is 0 Å². The van der Waals surface area contributed by atoms with Crippen molar-refractivity contribution in [2.45, 2.75) is 89.8 Å². The molecule has 0 unspecified atom stereocenters. The molecule has 2 saturated carbocycles. The Hall–Kier alpha value is -2.32. The third-order valence-corrected chi connectivity index (χ3v) is 9.16. The first-order valence-electron chi connectivity index (χ1n) is 14.2. The van der Waals surface area contributed by atoms with Crippen molar-refractivity contribution in [2.75, 3.05) is 6.61 Å². The van der Waals surface area contributed by atoms with Gasteiger partial charge in [0.25, 0.3) is 5.91 Å². The van der Waals surface area contributed by atoms with Gasteiger partial charge in [0, 0.05) is 6.04 Å². The Morgan fingerprint density at radius 3 is 2.41 bits per heavy atom. The van der Waals surface area contributed by atoms with Crippen molar-refractivity contribution in [3.8, 4) is 11.5 Å². The molecule has 5 rings (SSSR count). The Bertz CT molecular complexity index is 1220. The van der Waals surface area contributed by atoms with Crippen molar-refractivity contribution < 1.29 is 18.7 Å². The quantitative estimate of drug-likeness (QED) is 0.280. The largest absolute Gasteiger partial charge is 0.490 e. The minimum atomic E-state index is -0.277. The van der Waals surface area contributed by atoms with Crippen molar-refractivity contribution in [2.24, 2.45) is 4.99 Å². The molecule has 3 aliphatic rings. The van der Waals surface area contributed by atoms with Gasteiger partial charge in [0.2, 0.25) is 0 Å². The van der Waals surface area contributed by atoms with E-state index in [0.29, 0.717) is 29.1 Å². The van der Waals surface area contributed by atoms with Crippen LogP contribution in [0.25, 0.3) is 6.08 Å². The molecule has 1 heterocycles. The molecule has 2 aliphatic carbocycles. The van der Waals surface area contributed by atoms with Crippen LogP contribution in [0, 0.1) is 5.82 Å². The van der Waals surface area contributed by atoms with Gasteiger partial charge in [-0.15, -0.1) is 0 Å². The first kappa shape index (κ1) is 28.2. The van der Waals surface area contributed by atoms with Crippen molar-refractivity contribution in [1.82, 2.24) is 4.90 Å². The van der Waals surface area contributed by atoms with Crippen LogP contribution in [0.15, 0.2) is 50.8 Å². The number of halogens is 2. The number of thioether (sulfide) groups is 1. The molecular weight excluding hydrogens is 579 g/mol. The predicted molar refractivity (Wildman–Crippen MR) is 160 cm³/mol. The number of amides is 1. The molecule has 208 valence electrons. The van der Waals surface area contributed by atoms with Gasteiger partial charge in [0.15, 0.2) is 16.7 Å². The summed E-state index contributed by atoms with van der Waals surface area (Å²) in [6.07, 6.45) is 13.6. The van der Waals surface area contributed by atoms with Crippen LogP contribution in [0.1, 0.15) is 82.3 Å². The van der Waals surface area contributed by atoms with Crippen LogP contribution in [-0.2, 0) is 11.4 Å². The lowest BCUT2D eigenvalue weighted by atomic mass is 9.94. The van der Waals surface area contributed by atoms with Crippen LogP contribution in [0.4, 0.5) is 4.39 Å². The molecule has 1 saturated heterocycles. The van der Waals surface area contributed by atoms with E-state index in [1.54, 1.807) is 12.1 Å². The summed E-state index contributed by atoms with van der Waals surface area (Å²) in [5.41, 5.74) is 1.72.